The molecule has 0 saturated carbocycles. The molecule has 9 nitrogen and oxygen atoms in total. The highest BCUT2D eigenvalue weighted by Gasteiger charge is 2.41. The van der Waals surface area contributed by atoms with E-state index in [-0.39, 0.29) is 53.3 Å². The van der Waals surface area contributed by atoms with Crippen molar-refractivity contribution in [2.45, 2.75) is 37.4 Å². The highest BCUT2D eigenvalue weighted by molar-refractivity contribution is 14.1. The topological polar surface area (TPSA) is 125 Å². The normalized spacial score (nSPS) is 17.9. The maximum atomic E-state index is 14.9. The van der Waals surface area contributed by atoms with Crippen LogP contribution in [-0.2, 0) is 17.5 Å². The number of carbonyl (C=O) groups is 3. The Bertz CT molecular complexity index is 1610. The average Bonchev–Trinajstić information content (AvgIpc) is 3.04. The van der Waals surface area contributed by atoms with E-state index in [4.69, 9.17) is 9.47 Å². The Morgan fingerprint density at radius 2 is 1.83 bits per heavy atom. The Balaban J connectivity index is 1.80. The smallest absolute Gasteiger partial charge is 0.416 e. The van der Waals surface area contributed by atoms with Crippen LogP contribution in [0.5, 0.6) is 11.5 Å². The standard InChI is InChI=1S/C32H29F4IN2O7/c1-45-27-13-18(17-41)12-24(37)29(27)46-26-15-21(30(43)38-10-11-40)14-25(28(26)42)39(16-20-4-2-3-5-23(20)33)31(44)19-6-8-22(9-7-19)32(34,35)36/h2-9,12-13,15,17,25-26,28,40,42H,10-11,14,16H2,1H3,(H,38,43)/t25-,26+,28+/m1/s1. The van der Waals surface area contributed by atoms with Crippen molar-refractivity contribution in [2.75, 3.05) is 20.3 Å². The first kappa shape index (κ1) is 34.8. The molecule has 2 amide bonds. The highest BCUT2D eigenvalue weighted by Crippen LogP contribution is 2.37. The fraction of sp³-hybridized carbons (Fsp3) is 0.281. The van der Waals surface area contributed by atoms with Crippen molar-refractivity contribution in [1.82, 2.24) is 10.2 Å². The molecule has 0 radical (unpaired) electrons. The summed E-state index contributed by atoms with van der Waals surface area (Å²) in [6.07, 6.45) is -5.80. The predicted molar refractivity (Wildman–Crippen MR) is 166 cm³/mol. The van der Waals surface area contributed by atoms with Crippen LogP contribution in [0.2, 0.25) is 0 Å². The maximum Gasteiger partial charge on any atom is 0.416 e. The van der Waals surface area contributed by atoms with Gasteiger partial charge in [-0.25, -0.2) is 4.39 Å². The molecule has 4 rings (SSSR count). The lowest BCUT2D eigenvalue weighted by molar-refractivity contribution is -0.137. The van der Waals surface area contributed by atoms with Gasteiger partial charge < -0.3 is 29.9 Å². The van der Waals surface area contributed by atoms with Gasteiger partial charge in [-0.05, 0) is 71.1 Å². The van der Waals surface area contributed by atoms with E-state index in [1.165, 1.54) is 49.6 Å². The Labute approximate surface area is 274 Å². The van der Waals surface area contributed by atoms with Gasteiger partial charge in [0.2, 0.25) is 5.91 Å². The fourth-order valence-electron chi connectivity index (χ4n) is 4.96. The average molecular weight is 756 g/mol. The maximum absolute atomic E-state index is 14.9. The lowest BCUT2D eigenvalue weighted by Gasteiger charge is -2.40. The van der Waals surface area contributed by atoms with E-state index < -0.39 is 54.2 Å². The van der Waals surface area contributed by atoms with Gasteiger partial charge in [0.15, 0.2) is 11.5 Å². The molecule has 0 bridgehead atoms. The van der Waals surface area contributed by atoms with Crippen molar-refractivity contribution < 1.29 is 51.6 Å². The lowest BCUT2D eigenvalue weighted by Crippen LogP contribution is -2.55. The second kappa shape index (κ2) is 15.0. The molecule has 0 aromatic heterocycles. The second-order valence-corrected chi connectivity index (χ2v) is 11.4. The molecule has 0 unspecified atom stereocenters. The van der Waals surface area contributed by atoms with Crippen molar-refractivity contribution in [3.8, 4) is 11.5 Å². The summed E-state index contributed by atoms with van der Waals surface area (Å²) in [6, 6.07) is 10.7. The molecule has 3 N–H and O–H groups in total. The van der Waals surface area contributed by atoms with Crippen molar-refractivity contribution >= 4 is 40.7 Å². The number of amides is 2. The quantitative estimate of drug-likeness (QED) is 0.149. The molecule has 0 fully saturated rings. The van der Waals surface area contributed by atoms with Crippen LogP contribution >= 0.6 is 22.6 Å². The van der Waals surface area contributed by atoms with Crippen LogP contribution in [0, 0.1) is 9.39 Å². The first-order valence-electron chi connectivity index (χ1n) is 13.9. The van der Waals surface area contributed by atoms with Gasteiger partial charge in [-0.3, -0.25) is 14.4 Å². The number of aliphatic hydroxyl groups is 2. The molecule has 46 heavy (non-hydrogen) atoms. The molecule has 0 aliphatic heterocycles. The van der Waals surface area contributed by atoms with E-state index >= 15 is 0 Å². The summed E-state index contributed by atoms with van der Waals surface area (Å²) in [7, 11) is 1.34. The molecule has 14 heteroatoms. The highest BCUT2D eigenvalue weighted by atomic mass is 127. The zero-order valence-electron chi connectivity index (χ0n) is 24.3. The number of hydrogen-bond acceptors (Lipinski definition) is 7. The number of hydrogen-bond donors (Lipinski definition) is 3. The van der Waals surface area contributed by atoms with Gasteiger partial charge in [0.05, 0.1) is 28.9 Å². The number of aldehydes is 1. The Morgan fingerprint density at radius 1 is 1.13 bits per heavy atom. The van der Waals surface area contributed by atoms with Crippen molar-refractivity contribution in [1.29, 1.82) is 0 Å². The van der Waals surface area contributed by atoms with E-state index in [1.807, 2.05) is 22.6 Å². The Kier molecular flexibility index (Phi) is 11.4. The first-order valence-corrected chi connectivity index (χ1v) is 14.9. The van der Waals surface area contributed by atoms with E-state index in [9.17, 15) is 42.2 Å². The summed E-state index contributed by atoms with van der Waals surface area (Å²) in [5.41, 5.74) is -0.755. The zero-order chi connectivity index (χ0) is 33.6. The number of rotatable bonds is 11. The van der Waals surface area contributed by atoms with Crippen molar-refractivity contribution in [3.63, 3.8) is 0 Å². The van der Waals surface area contributed by atoms with E-state index in [0.29, 0.717) is 9.86 Å². The van der Waals surface area contributed by atoms with Gasteiger partial charge in [-0.2, -0.15) is 13.2 Å². The molecule has 0 saturated heterocycles. The zero-order valence-corrected chi connectivity index (χ0v) is 26.4. The molecule has 3 aromatic rings. The van der Waals surface area contributed by atoms with Crippen LogP contribution in [0.4, 0.5) is 17.6 Å². The largest absolute Gasteiger partial charge is 0.493 e. The van der Waals surface area contributed by atoms with Gasteiger partial charge in [0, 0.05) is 41.8 Å². The molecular formula is C32H29F4IN2O7. The SMILES string of the molecule is COc1cc(C=O)cc(I)c1O[C@H]1C=C(C(=O)NCCO)C[C@@H](N(Cc2ccccc2F)C(=O)c2ccc(C(F)(F)F)cc2)[C@@H]1O. The number of carbonyl (C=O) groups excluding carboxylic acids is 3. The van der Waals surface area contributed by atoms with Crippen LogP contribution in [0.3, 0.4) is 0 Å². The number of ether oxygens (including phenoxy) is 2. The number of aliphatic hydroxyl groups excluding tert-OH is 2. The number of methoxy groups -OCH3 is 1. The minimum absolute atomic E-state index is 0.0499. The van der Waals surface area contributed by atoms with Crippen LogP contribution in [-0.4, -0.2) is 71.7 Å². The first-order chi connectivity index (χ1) is 21.9. The molecule has 244 valence electrons. The minimum Gasteiger partial charge on any atom is -0.493 e. The van der Waals surface area contributed by atoms with Gasteiger partial charge in [0.25, 0.3) is 5.91 Å². The van der Waals surface area contributed by atoms with Crippen LogP contribution in [0.1, 0.15) is 38.3 Å². The summed E-state index contributed by atoms with van der Waals surface area (Å²) in [6.45, 7) is -0.881. The Morgan fingerprint density at radius 3 is 2.43 bits per heavy atom. The van der Waals surface area contributed by atoms with Crippen LogP contribution in [0.15, 0.2) is 72.3 Å². The van der Waals surface area contributed by atoms with E-state index in [2.05, 4.69) is 5.32 Å². The monoisotopic (exact) mass is 756 g/mol. The van der Waals surface area contributed by atoms with Crippen molar-refractivity contribution in [3.05, 3.63) is 104 Å². The summed E-state index contributed by atoms with van der Waals surface area (Å²) in [5, 5.41) is 23.5. The van der Waals surface area contributed by atoms with Crippen LogP contribution < -0.4 is 14.8 Å². The third-order valence-electron chi connectivity index (χ3n) is 7.28. The summed E-state index contributed by atoms with van der Waals surface area (Å²) < 4.78 is 66.6. The van der Waals surface area contributed by atoms with Gasteiger partial charge in [-0.15, -0.1) is 0 Å². The predicted octanol–water partition coefficient (Wildman–Crippen LogP) is 4.53. The Hall–Kier alpha value is -4.02. The van der Waals surface area contributed by atoms with E-state index in [0.717, 1.165) is 29.2 Å². The number of nitrogens with zero attached hydrogens (tertiary/aromatic N) is 1. The van der Waals surface area contributed by atoms with Crippen LogP contribution in [0.25, 0.3) is 0 Å². The molecule has 3 aromatic carbocycles. The number of halogens is 5. The molecule has 1 aliphatic rings. The number of nitrogens with one attached hydrogen (secondary N) is 1. The molecular weight excluding hydrogens is 727 g/mol. The second-order valence-electron chi connectivity index (χ2n) is 10.3. The molecule has 0 spiro atoms. The fourth-order valence-corrected chi connectivity index (χ4v) is 5.71. The number of alkyl halides is 3. The van der Waals surface area contributed by atoms with E-state index in [1.54, 1.807) is 0 Å². The molecule has 0 heterocycles. The third-order valence-corrected chi connectivity index (χ3v) is 8.08. The van der Waals surface area contributed by atoms with Gasteiger partial charge >= 0.3 is 6.18 Å². The summed E-state index contributed by atoms with van der Waals surface area (Å²) >= 11 is 1.90. The lowest BCUT2D eigenvalue weighted by atomic mass is 9.87. The summed E-state index contributed by atoms with van der Waals surface area (Å²) in [4.78, 5) is 39.6. The summed E-state index contributed by atoms with van der Waals surface area (Å²) in [5.74, 6) is -1.87. The van der Waals surface area contributed by atoms with Gasteiger partial charge in [-0.1, -0.05) is 18.2 Å². The minimum atomic E-state index is -4.65. The van der Waals surface area contributed by atoms with Gasteiger partial charge in [0.1, 0.15) is 24.3 Å². The number of benzene rings is 3. The van der Waals surface area contributed by atoms with Crippen molar-refractivity contribution in [2.24, 2.45) is 0 Å². The molecule has 1 aliphatic carbocycles. The molecule has 3 atom stereocenters. The third kappa shape index (κ3) is 8.03.